The number of hydrogen-bond donors (Lipinski definition) is 0. The van der Waals surface area contributed by atoms with Gasteiger partial charge in [0.25, 0.3) is 5.92 Å². The molecule has 1 aromatic rings. The van der Waals surface area contributed by atoms with Crippen LogP contribution in [0.4, 0.5) is 8.78 Å². The van der Waals surface area contributed by atoms with E-state index in [1.807, 2.05) is 0 Å². The quantitative estimate of drug-likeness (QED) is 0.685. The van der Waals surface area contributed by atoms with Gasteiger partial charge in [-0.05, 0) is 0 Å². The highest BCUT2D eigenvalue weighted by molar-refractivity contribution is 5.87. The smallest absolute Gasteiger partial charge is 0.360 e. The number of rotatable bonds is 2. The number of methoxy groups -OCH3 is 1. The van der Waals surface area contributed by atoms with Crippen LogP contribution in [-0.2, 0) is 4.74 Å². The number of carbonyl (C=O) groups is 1. The summed E-state index contributed by atoms with van der Waals surface area (Å²) in [5.41, 5.74) is -0.0785. The first-order chi connectivity index (χ1) is 6.54. The second kappa shape index (κ2) is 2.76. The molecule has 0 radical (unpaired) electrons. The minimum Gasteiger partial charge on any atom is -0.464 e. The fraction of sp³-hybridized carbons (Fsp3) is 0.500. The molecule has 1 unspecified atom stereocenters. The maximum absolute atomic E-state index is 12.6. The van der Waals surface area contributed by atoms with Gasteiger partial charge in [0.05, 0.1) is 13.0 Å². The number of aromatic nitrogens is 1. The number of carbonyl (C=O) groups excluding carboxylic acids is 1. The number of nitrogens with zero attached hydrogens (tertiary/aromatic N) is 1. The van der Waals surface area contributed by atoms with Crippen molar-refractivity contribution in [3.63, 3.8) is 0 Å². The zero-order valence-electron chi connectivity index (χ0n) is 7.29. The van der Waals surface area contributed by atoms with Gasteiger partial charge in [-0.25, -0.2) is 13.6 Å². The fourth-order valence-corrected chi connectivity index (χ4v) is 1.18. The second-order valence-corrected chi connectivity index (χ2v) is 3.12. The normalized spacial score (nSPS) is 23.2. The third-order valence-corrected chi connectivity index (χ3v) is 2.09. The molecule has 6 heteroatoms. The zero-order chi connectivity index (χ0) is 10.3. The van der Waals surface area contributed by atoms with Crippen molar-refractivity contribution >= 4 is 5.97 Å². The number of hydrogen-bond acceptors (Lipinski definition) is 4. The number of halogens is 2. The van der Waals surface area contributed by atoms with Crippen LogP contribution < -0.4 is 0 Å². The molecule has 76 valence electrons. The van der Waals surface area contributed by atoms with Crippen molar-refractivity contribution in [1.82, 2.24) is 5.16 Å². The van der Waals surface area contributed by atoms with Crippen LogP contribution >= 0.6 is 0 Å². The summed E-state index contributed by atoms with van der Waals surface area (Å²) in [7, 11) is 1.18. The third kappa shape index (κ3) is 1.36. The van der Waals surface area contributed by atoms with Crippen LogP contribution in [-0.4, -0.2) is 24.2 Å². The van der Waals surface area contributed by atoms with Crippen molar-refractivity contribution in [3.8, 4) is 0 Å². The van der Waals surface area contributed by atoms with Crippen molar-refractivity contribution in [1.29, 1.82) is 0 Å². The van der Waals surface area contributed by atoms with E-state index in [0.29, 0.717) is 0 Å². The van der Waals surface area contributed by atoms with E-state index in [4.69, 9.17) is 0 Å². The maximum atomic E-state index is 12.6. The van der Waals surface area contributed by atoms with Crippen molar-refractivity contribution in [2.75, 3.05) is 7.11 Å². The van der Waals surface area contributed by atoms with Gasteiger partial charge in [0.2, 0.25) is 0 Å². The van der Waals surface area contributed by atoms with E-state index >= 15 is 0 Å². The van der Waals surface area contributed by atoms with E-state index in [1.165, 1.54) is 13.2 Å². The molecule has 14 heavy (non-hydrogen) atoms. The molecule has 1 heterocycles. The lowest BCUT2D eigenvalue weighted by molar-refractivity contribution is 0.0589. The Morgan fingerprint density at radius 3 is 2.93 bits per heavy atom. The summed E-state index contributed by atoms with van der Waals surface area (Å²) in [5, 5.41) is 3.33. The Hall–Kier alpha value is -1.46. The van der Waals surface area contributed by atoms with Crippen molar-refractivity contribution in [3.05, 3.63) is 17.5 Å². The van der Waals surface area contributed by atoms with Gasteiger partial charge in [0.15, 0.2) is 5.69 Å². The maximum Gasteiger partial charge on any atom is 0.360 e. The monoisotopic (exact) mass is 203 g/mol. The van der Waals surface area contributed by atoms with Crippen LogP contribution in [0.5, 0.6) is 0 Å². The molecule has 1 saturated carbocycles. The van der Waals surface area contributed by atoms with Crippen LogP contribution in [0.2, 0.25) is 0 Å². The van der Waals surface area contributed by atoms with E-state index < -0.39 is 17.8 Å². The second-order valence-electron chi connectivity index (χ2n) is 3.12. The standard InChI is InChI=1S/C8H7F2NO3/c1-13-7(12)5-2-6(14-11-5)4-3-8(4,9)10/h2,4H,3H2,1H3. The molecule has 0 aromatic carbocycles. The largest absolute Gasteiger partial charge is 0.464 e. The van der Waals surface area contributed by atoms with Crippen LogP contribution in [0.25, 0.3) is 0 Å². The number of esters is 1. The minimum absolute atomic E-state index is 0.0374. The molecule has 0 spiro atoms. The topological polar surface area (TPSA) is 52.3 Å². The van der Waals surface area contributed by atoms with Crippen LogP contribution in [0, 0.1) is 0 Å². The first-order valence-electron chi connectivity index (χ1n) is 3.97. The Morgan fingerprint density at radius 1 is 1.79 bits per heavy atom. The molecular weight excluding hydrogens is 196 g/mol. The van der Waals surface area contributed by atoms with E-state index in [-0.39, 0.29) is 17.9 Å². The SMILES string of the molecule is COC(=O)c1cc(C2CC2(F)F)on1. The van der Waals surface area contributed by atoms with Crippen molar-refractivity contribution in [2.45, 2.75) is 18.3 Å². The Balaban J connectivity index is 2.15. The molecule has 0 amide bonds. The van der Waals surface area contributed by atoms with Crippen LogP contribution in [0.3, 0.4) is 0 Å². The molecule has 0 bridgehead atoms. The number of alkyl halides is 2. The lowest BCUT2D eigenvalue weighted by Gasteiger charge is -1.89. The molecular formula is C8H7F2NO3. The predicted octanol–water partition coefficient (Wildman–Crippen LogP) is 1.58. The summed E-state index contributed by atoms with van der Waals surface area (Å²) < 4.78 is 34.1. The van der Waals surface area contributed by atoms with Gasteiger partial charge in [0, 0.05) is 12.5 Å². The van der Waals surface area contributed by atoms with Gasteiger partial charge in [-0.1, -0.05) is 5.16 Å². The predicted molar refractivity (Wildman–Crippen MR) is 40.1 cm³/mol. The Bertz CT molecular complexity index is 374. The molecule has 0 aliphatic heterocycles. The number of ether oxygens (including phenoxy) is 1. The summed E-state index contributed by atoms with van der Waals surface area (Å²) in [6, 6.07) is 1.19. The van der Waals surface area contributed by atoms with E-state index in [9.17, 15) is 13.6 Å². The molecule has 2 rings (SSSR count). The molecule has 4 nitrogen and oxygen atoms in total. The van der Waals surface area contributed by atoms with Gasteiger partial charge in [-0.2, -0.15) is 0 Å². The summed E-state index contributed by atoms with van der Waals surface area (Å²) >= 11 is 0. The summed E-state index contributed by atoms with van der Waals surface area (Å²) in [6.45, 7) is 0. The van der Waals surface area contributed by atoms with Gasteiger partial charge in [0.1, 0.15) is 5.76 Å². The Morgan fingerprint density at radius 2 is 2.43 bits per heavy atom. The molecule has 0 N–H and O–H groups in total. The third-order valence-electron chi connectivity index (χ3n) is 2.09. The lowest BCUT2D eigenvalue weighted by Crippen LogP contribution is -2.00. The first kappa shape index (κ1) is 9.11. The molecule has 1 aliphatic carbocycles. The Labute approximate surface area is 77.8 Å². The average Bonchev–Trinajstić information content (AvgIpc) is 2.64. The highest BCUT2D eigenvalue weighted by Gasteiger charge is 2.60. The van der Waals surface area contributed by atoms with Crippen molar-refractivity contribution < 1.29 is 22.8 Å². The van der Waals surface area contributed by atoms with Crippen LogP contribution in [0.15, 0.2) is 10.6 Å². The molecule has 1 fully saturated rings. The lowest BCUT2D eigenvalue weighted by atomic mass is 10.3. The molecule has 0 saturated heterocycles. The molecule has 1 aromatic heterocycles. The highest BCUT2D eigenvalue weighted by atomic mass is 19.3. The highest BCUT2D eigenvalue weighted by Crippen LogP contribution is 2.55. The minimum atomic E-state index is -2.72. The zero-order valence-corrected chi connectivity index (χ0v) is 7.29. The van der Waals surface area contributed by atoms with Gasteiger partial charge >= 0.3 is 5.97 Å². The van der Waals surface area contributed by atoms with Gasteiger partial charge in [-0.3, -0.25) is 0 Å². The van der Waals surface area contributed by atoms with E-state index in [0.717, 1.165) is 0 Å². The summed E-state index contributed by atoms with van der Waals surface area (Å²) in [4.78, 5) is 10.9. The summed E-state index contributed by atoms with van der Waals surface area (Å²) in [6.07, 6.45) is -0.247. The first-order valence-corrected chi connectivity index (χ1v) is 3.97. The van der Waals surface area contributed by atoms with E-state index in [1.54, 1.807) is 0 Å². The average molecular weight is 203 g/mol. The fourth-order valence-electron chi connectivity index (χ4n) is 1.18. The van der Waals surface area contributed by atoms with Gasteiger partial charge < -0.3 is 9.26 Å². The molecule has 1 atom stereocenters. The van der Waals surface area contributed by atoms with Gasteiger partial charge in [-0.15, -0.1) is 0 Å². The van der Waals surface area contributed by atoms with Crippen LogP contribution in [0.1, 0.15) is 28.6 Å². The summed E-state index contributed by atoms with van der Waals surface area (Å²) in [5.74, 6) is -4.31. The molecule has 1 aliphatic rings. The van der Waals surface area contributed by atoms with E-state index in [2.05, 4.69) is 14.4 Å². The van der Waals surface area contributed by atoms with Crippen molar-refractivity contribution in [2.24, 2.45) is 0 Å². The Kier molecular flexibility index (Phi) is 1.80.